The molecule has 0 heterocycles. The van der Waals surface area contributed by atoms with Gasteiger partial charge in [-0.3, -0.25) is 0 Å². The number of ether oxygens (including phenoxy) is 1. The SMILES string of the molecule is CCC(NC(C)C(C)CC)c1ccc(OC)cc1. The highest BCUT2D eigenvalue weighted by Crippen LogP contribution is 2.22. The molecule has 1 rings (SSSR count). The Morgan fingerprint density at radius 2 is 1.67 bits per heavy atom. The second-order valence-electron chi connectivity index (χ2n) is 5.07. The van der Waals surface area contributed by atoms with Gasteiger partial charge in [0.05, 0.1) is 7.11 Å². The fourth-order valence-corrected chi connectivity index (χ4v) is 2.12. The highest BCUT2D eigenvalue weighted by molar-refractivity contribution is 5.29. The first-order chi connectivity index (χ1) is 8.62. The van der Waals surface area contributed by atoms with E-state index in [1.54, 1.807) is 7.11 Å². The Hall–Kier alpha value is -1.02. The summed E-state index contributed by atoms with van der Waals surface area (Å²) in [6.07, 6.45) is 2.32. The van der Waals surface area contributed by atoms with Gasteiger partial charge in [-0.1, -0.05) is 39.3 Å². The van der Waals surface area contributed by atoms with E-state index >= 15 is 0 Å². The minimum absolute atomic E-state index is 0.430. The molecule has 0 bridgehead atoms. The van der Waals surface area contributed by atoms with Gasteiger partial charge in [0.1, 0.15) is 5.75 Å². The van der Waals surface area contributed by atoms with E-state index in [4.69, 9.17) is 4.74 Å². The maximum absolute atomic E-state index is 5.20. The number of methoxy groups -OCH3 is 1. The molecule has 1 aromatic rings. The Morgan fingerprint density at radius 3 is 2.11 bits per heavy atom. The Bertz CT molecular complexity index is 333. The molecule has 2 nitrogen and oxygen atoms in total. The minimum Gasteiger partial charge on any atom is -0.497 e. The molecule has 3 atom stereocenters. The molecule has 3 unspecified atom stereocenters. The molecule has 1 aromatic carbocycles. The van der Waals surface area contributed by atoms with Gasteiger partial charge in [-0.15, -0.1) is 0 Å². The zero-order valence-electron chi connectivity index (χ0n) is 12.4. The van der Waals surface area contributed by atoms with Gasteiger partial charge in [-0.25, -0.2) is 0 Å². The maximum atomic E-state index is 5.20. The van der Waals surface area contributed by atoms with Crippen molar-refractivity contribution in [2.45, 2.75) is 52.6 Å². The van der Waals surface area contributed by atoms with E-state index in [1.165, 1.54) is 12.0 Å². The van der Waals surface area contributed by atoms with Gasteiger partial charge in [-0.05, 0) is 37.0 Å². The lowest BCUT2D eigenvalue weighted by Gasteiger charge is -2.26. The van der Waals surface area contributed by atoms with Crippen molar-refractivity contribution in [3.8, 4) is 5.75 Å². The van der Waals surface area contributed by atoms with Crippen LogP contribution in [-0.2, 0) is 0 Å². The zero-order valence-corrected chi connectivity index (χ0v) is 12.4. The van der Waals surface area contributed by atoms with Gasteiger partial charge in [-0.2, -0.15) is 0 Å². The molecule has 0 fully saturated rings. The summed E-state index contributed by atoms with van der Waals surface area (Å²) in [5.74, 6) is 1.63. The first-order valence-electron chi connectivity index (χ1n) is 7.02. The first-order valence-corrected chi connectivity index (χ1v) is 7.02. The molecule has 0 aliphatic carbocycles. The van der Waals surface area contributed by atoms with Crippen molar-refractivity contribution < 1.29 is 4.74 Å². The molecule has 0 saturated carbocycles. The fourth-order valence-electron chi connectivity index (χ4n) is 2.12. The molecule has 0 amide bonds. The number of benzene rings is 1. The summed E-state index contributed by atoms with van der Waals surface area (Å²) >= 11 is 0. The standard InChI is InChI=1S/C16H27NO/c1-6-12(3)13(4)17-16(7-2)14-8-10-15(18-5)11-9-14/h8-13,16-17H,6-7H2,1-5H3. The van der Waals surface area contributed by atoms with Crippen molar-refractivity contribution in [2.75, 3.05) is 7.11 Å². The van der Waals surface area contributed by atoms with E-state index < -0.39 is 0 Å². The quantitative estimate of drug-likeness (QED) is 0.783. The summed E-state index contributed by atoms with van der Waals surface area (Å²) < 4.78 is 5.20. The van der Waals surface area contributed by atoms with Crippen LogP contribution in [0, 0.1) is 5.92 Å². The molecule has 2 heteroatoms. The third-order valence-electron chi connectivity index (χ3n) is 3.89. The predicted octanol–water partition coefficient (Wildman–Crippen LogP) is 4.17. The smallest absolute Gasteiger partial charge is 0.118 e. The third kappa shape index (κ3) is 4.02. The molecular weight excluding hydrogens is 222 g/mol. The topological polar surface area (TPSA) is 21.3 Å². The molecular formula is C16H27NO. The Labute approximate surface area is 112 Å². The van der Waals surface area contributed by atoms with Crippen molar-refractivity contribution in [3.63, 3.8) is 0 Å². The van der Waals surface area contributed by atoms with E-state index in [9.17, 15) is 0 Å². The number of rotatable bonds is 7. The van der Waals surface area contributed by atoms with Gasteiger partial charge in [0.2, 0.25) is 0 Å². The van der Waals surface area contributed by atoms with Gasteiger partial charge in [0, 0.05) is 12.1 Å². The minimum atomic E-state index is 0.430. The second-order valence-corrected chi connectivity index (χ2v) is 5.07. The van der Waals surface area contributed by atoms with Crippen molar-refractivity contribution in [1.82, 2.24) is 5.32 Å². The number of nitrogens with one attached hydrogen (secondary N) is 1. The molecule has 0 saturated heterocycles. The Kier molecular flexibility index (Phi) is 6.20. The van der Waals surface area contributed by atoms with Gasteiger partial charge in [0.25, 0.3) is 0 Å². The molecule has 0 radical (unpaired) electrons. The van der Waals surface area contributed by atoms with Crippen LogP contribution in [-0.4, -0.2) is 13.2 Å². The van der Waals surface area contributed by atoms with Crippen LogP contribution in [0.1, 0.15) is 52.1 Å². The van der Waals surface area contributed by atoms with E-state index in [-0.39, 0.29) is 0 Å². The average molecular weight is 249 g/mol. The normalized spacial score (nSPS) is 16.1. The highest BCUT2D eigenvalue weighted by Gasteiger charge is 2.16. The summed E-state index contributed by atoms with van der Waals surface area (Å²) in [7, 11) is 1.70. The molecule has 0 aliphatic heterocycles. The van der Waals surface area contributed by atoms with Crippen molar-refractivity contribution in [1.29, 1.82) is 0 Å². The lowest BCUT2D eigenvalue weighted by atomic mass is 9.97. The fraction of sp³-hybridized carbons (Fsp3) is 0.625. The lowest BCUT2D eigenvalue weighted by molar-refractivity contribution is 0.345. The summed E-state index contributed by atoms with van der Waals surface area (Å²) in [5, 5.41) is 3.73. The molecule has 18 heavy (non-hydrogen) atoms. The summed E-state index contributed by atoms with van der Waals surface area (Å²) in [5.41, 5.74) is 1.34. The molecule has 102 valence electrons. The van der Waals surface area contributed by atoms with Gasteiger partial charge in [0.15, 0.2) is 0 Å². The predicted molar refractivity (Wildman–Crippen MR) is 78.1 cm³/mol. The van der Waals surface area contributed by atoms with Crippen LogP contribution in [0.15, 0.2) is 24.3 Å². The van der Waals surface area contributed by atoms with Crippen molar-refractivity contribution in [2.24, 2.45) is 5.92 Å². The second kappa shape index (κ2) is 7.42. The van der Waals surface area contributed by atoms with Crippen LogP contribution in [0.25, 0.3) is 0 Å². The van der Waals surface area contributed by atoms with E-state index in [0.29, 0.717) is 18.0 Å². The summed E-state index contributed by atoms with van der Waals surface area (Å²) in [4.78, 5) is 0. The van der Waals surface area contributed by atoms with Gasteiger partial charge < -0.3 is 10.1 Å². The molecule has 0 spiro atoms. The van der Waals surface area contributed by atoms with Crippen molar-refractivity contribution >= 4 is 0 Å². The van der Waals surface area contributed by atoms with E-state index in [1.807, 2.05) is 12.1 Å². The Balaban J connectivity index is 2.70. The monoisotopic (exact) mass is 249 g/mol. The maximum Gasteiger partial charge on any atom is 0.118 e. The van der Waals surface area contributed by atoms with Crippen LogP contribution in [0.4, 0.5) is 0 Å². The van der Waals surface area contributed by atoms with E-state index in [0.717, 1.165) is 12.2 Å². The van der Waals surface area contributed by atoms with Gasteiger partial charge >= 0.3 is 0 Å². The van der Waals surface area contributed by atoms with Crippen molar-refractivity contribution in [3.05, 3.63) is 29.8 Å². The van der Waals surface area contributed by atoms with Crippen LogP contribution < -0.4 is 10.1 Å². The van der Waals surface area contributed by atoms with Crippen LogP contribution in [0.3, 0.4) is 0 Å². The van der Waals surface area contributed by atoms with E-state index in [2.05, 4.69) is 45.1 Å². The van der Waals surface area contributed by atoms with Crippen LogP contribution in [0.5, 0.6) is 5.75 Å². The molecule has 0 aromatic heterocycles. The average Bonchev–Trinajstić information content (AvgIpc) is 2.43. The largest absolute Gasteiger partial charge is 0.497 e. The molecule has 0 aliphatic rings. The zero-order chi connectivity index (χ0) is 13.5. The third-order valence-corrected chi connectivity index (χ3v) is 3.89. The Morgan fingerprint density at radius 1 is 1.06 bits per heavy atom. The number of hydrogen-bond donors (Lipinski definition) is 1. The highest BCUT2D eigenvalue weighted by atomic mass is 16.5. The molecule has 1 N–H and O–H groups in total. The summed E-state index contributed by atoms with van der Waals surface area (Å²) in [6.45, 7) is 9.06. The lowest BCUT2D eigenvalue weighted by Crippen LogP contribution is -2.34. The van der Waals surface area contributed by atoms with Crippen LogP contribution in [0.2, 0.25) is 0 Å². The van der Waals surface area contributed by atoms with Crippen LogP contribution >= 0.6 is 0 Å². The first kappa shape index (κ1) is 15.0. The summed E-state index contributed by atoms with van der Waals surface area (Å²) in [6, 6.07) is 9.36. The number of hydrogen-bond acceptors (Lipinski definition) is 2.